The van der Waals surface area contributed by atoms with Crippen molar-refractivity contribution < 1.29 is 19.2 Å². The number of imide groups is 1. The third kappa shape index (κ3) is 2.24. The molecule has 116 valence electrons. The van der Waals surface area contributed by atoms with Crippen molar-refractivity contribution in [1.29, 1.82) is 0 Å². The zero-order valence-electron chi connectivity index (χ0n) is 12.2. The van der Waals surface area contributed by atoms with Gasteiger partial charge in [0.15, 0.2) is 0 Å². The molecule has 1 aromatic carbocycles. The molecule has 2 heterocycles. The molecule has 0 unspecified atom stereocenters. The summed E-state index contributed by atoms with van der Waals surface area (Å²) in [7, 11) is 0. The van der Waals surface area contributed by atoms with Gasteiger partial charge in [-0.05, 0) is 25.5 Å². The normalized spacial score (nSPS) is 22.2. The van der Waals surface area contributed by atoms with Gasteiger partial charge in [-0.3, -0.25) is 9.59 Å². The van der Waals surface area contributed by atoms with Crippen LogP contribution in [0.1, 0.15) is 43.8 Å². The number of fused-ring (bicyclic) bond motifs is 1. The summed E-state index contributed by atoms with van der Waals surface area (Å²) in [6.45, 7) is 1.91. The van der Waals surface area contributed by atoms with Crippen LogP contribution in [0.3, 0.4) is 0 Å². The lowest BCUT2D eigenvalue weighted by molar-refractivity contribution is -0.170. The van der Waals surface area contributed by atoms with Crippen LogP contribution in [0.25, 0.3) is 0 Å². The van der Waals surface area contributed by atoms with Gasteiger partial charge in [0.2, 0.25) is 0 Å². The van der Waals surface area contributed by atoms with E-state index in [4.69, 9.17) is 4.84 Å². The Hall–Kier alpha value is -2.54. The molecule has 1 saturated carbocycles. The van der Waals surface area contributed by atoms with E-state index in [0.717, 1.165) is 10.7 Å². The fourth-order valence-electron chi connectivity index (χ4n) is 2.74. The van der Waals surface area contributed by atoms with E-state index in [1.54, 1.807) is 24.3 Å². The van der Waals surface area contributed by atoms with E-state index >= 15 is 0 Å². The van der Waals surface area contributed by atoms with Crippen LogP contribution in [0.2, 0.25) is 0 Å². The van der Waals surface area contributed by atoms with Crippen molar-refractivity contribution in [3.63, 3.8) is 0 Å². The topological polar surface area (TPSA) is 76.6 Å². The molecule has 0 bridgehead atoms. The lowest BCUT2D eigenvalue weighted by Gasteiger charge is -2.12. The highest BCUT2D eigenvalue weighted by Crippen LogP contribution is 2.48. The zero-order valence-corrected chi connectivity index (χ0v) is 13.0. The molecule has 1 fully saturated rings. The number of hydrogen-bond acceptors (Lipinski definition) is 6. The summed E-state index contributed by atoms with van der Waals surface area (Å²) in [6.07, 6.45) is 0.630. The van der Waals surface area contributed by atoms with Crippen LogP contribution < -0.4 is 0 Å². The largest absolute Gasteiger partial charge is 0.336 e. The first-order valence-electron chi connectivity index (χ1n) is 7.18. The van der Waals surface area contributed by atoms with Gasteiger partial charge >= 0.3 is 5.97 Å². The Morgan fingerprint density at radius 2 is 1.91 bits per heavy atom. The highest BCUT2D eigenvalue weighted by atomic mass is 32.1. The van der Waals surface area contributed by atoms with Gasteiger partial charge in [-0.1, -0.05) is 17.2 Å². The SMILES string of the molecule is Cc1nc([C@H]2C[C@@H]2C(=O)ON2C(=O)c3ccccc3C2=O)cs1. The van der Waals surface area contributed by atoms with Gasteiger partial charge < -0.3 is 4.84 Å². The second kappa shape index (κ2) is 4.99. The first-order chi connectivity index (χ1) is 11.1. The molecular formula is C16H12N2O4S. The van der Waals surface area contributed by atoms with Crippen LogP contribution in [-0.4, -0.2) is 27.8 Å². The molecule has 2 amide bonds. The maximum absolute atomic E-state index is 12.2. The Labute approximate surface area is 135 Å². The fourth-order valence-corrected chi connectivity index (χ4v) is 3.42. The minimum atomic E-state index is -0.597. The average Bonchev–Trinajstić information content (AvgIpc) is 3.19. The van der Waals surface area contributed by atoms with Gasteiger partial charge in [0.25, 0.3) is 11.8 Å². The van der Waals surface area contributed by atoms with Crippen molar-refractivity contribution in [3.05, 3.63) is 51.5 Å². The van der Waals surface area contributed by atoms with E-state index < -0.39 is 17.8 Å². The number of amides is 2. The summed E-state index contributed by atoms with van der Waals surface area (Å²) in [4.78, 5) is 46.0. The Bertz CT molecular complexity index is 809. The molecule has 0 saturated heterocycles. The number of benzene rings is 1. The highest BCUT2D eigenvalue weighted by molar-refractivity contribution is 7.09. The van der Waals surface area contributed by atoms with Crippen LogP contribution in [0.15, 0.2) is 29.6 Å². The lowest BCUT2D eigenvalue weighted by atomic mass is 10.1. The van der Waals surface area contributed by atoms with Crippen LogP contribution >= 0.6 is 11.3 Å². The molecule has 6 nitrogen and oxygen atoms in total. The van der Waals surface area contributed by atoms with E-state index in [0.29, 0.717) is 11.5 Å². The summed E-state index contributed by atoms with van der Waals surface area (Å²) in [6, 6.07) is 6.41. The molecule has 1 aromatic heterocycles. The molecular weight excluding hydrogens is 316 g/mol. The standard InChI is InChI=1S/C16H12N2O4S/c1-8-17-13(7-23-8)11-6-12(11)16(21)22-18-14(19)9-4-2-3-5-10(9)15(18)20/h2-5,7,11-12H,6H2,1H3/t11-,12-/m0/s1. The number of hydrogen-bond donors (Lipinski definition) is 0. The van der Waals surface area contributed by atoms with Crippen molar-refractivity contribution in [2.45, 2.75) is 19.3 Å². The predicted octanol–water partition coefficient (Wildman–Crippen LogP) is 2.31. The van der Waals surface area contributed by atoms with Crippen molar-refractivity contribution in [3.8, 4) is 0 Å². The molecule has 4 rings (SSSR count). The third-order valence-electron chi connectivity index (χ3n) is 4.05. The van der Waals surface area contributed by atoms with Crippen LogP contribution in [-0.2, 0) is 9.63 Å². The van der Waals surface area contributed by atoms with E-state index in [1.807, 2.05) is 12.3 Å². The van der Waals surface area contributed by atoms with Gasteiger partial charge in [-0.15, -0.1) is 11.3 Å². The Kier molecular flexibility index (Phi) is 3.05. The molecule has 0 N–H and O–H groups in total. The van der Waals surface area contributed by atoms with E-state index in [1.165, 1.54) is 11.3 Å². The van der Waals surface area contributed by atoms with E-state index in [9.17, 15) is 14.4 Å². The van der Waals surface area contributed by atoms with Crippen LogP contribution in [0.4, 0.5) is 0 Å². The van der Waals surface area contributed by atoms with Crippen molar-refractivity contribution in [2.75, 3.05) is 0 Å². The number of thiazole rings is 1. The van der Waals surface area contributed by atoms with Gasteiger partial charge in [0, 0.05) is 11.3 Å². The maximum atomic E-state index is 12.2. The number of aryl methyl sites for hydroxylation is 1. The number of hydroxylamine groups is 2. The predicted molar refractivity (Wildman–Crippen MR) is 80.7 cm³/mol. The number of carbonyl (C=O) groups excluding carboxylic acids is 3. The number of nitrogens with zero attached hydrogens (tertiary/aromatic N) is 2. The minimum absolute atomic E-state index is 0.0163. The van der Waals surface area contributed by atoms with Crippen LogP contribution in [0.5, 0.6) is 0 Å². The Morgan fingerprint density at radius 1 is 1.26 bits per heavy atom. The second-order valence-corrected chi connectivity index (χ2v) is 6.66. The smallest absolute Gasteiger partial charge is 0.329 e. The third-order valence-corrected chi connectivity index (χ3v) is 4.84. The molecule has 0 spiro atoms. The average molecular weight is 328 g/mol. The maximum Gasteiger partial charge on any atom is 0.336 e. The van der Waals surface area contributed by atoms with E-state index in [2.05, 4.69) is 4.98 Å². The highest BCUT2D eigenvalue weighted by Gasteiger charge is 2.49. The molecule has 7 heteroatoms. The van der Waals surface area contributed by atoms with Gasteiger partial charge in [0.1, 0.15) is 0 Å². The molecule has 1 aliphatic heterocycles. The first-order valence-corrected chi connectivity index (χ1v) is 8.06. The second-order valence-electron chi connectivity index (χ2n) is 5.60. The van der Waals surface area contributed by atoms with Crippen molar-refractivity contribution in [2.24, 2.45) is 5.92 Å². The Morgan fingerprint density at radius 3 is 2.48 bits per heavy atom. The summed E-state index contributed by atoms with van der Waals surface area (Å²) in [5.74, 6) is -2.08. The monoisotopic (exact) mass is 328 g/mol. The number of carbonyl (C=O) groups is 3. The summed E-state index contributed by atoms with van der Waals surface area (Å²) in [5, 5.41) is 3.43. The lowest BCUT2D eigenvalue weighted by Crippen LogP contribution is -2.33. The molecule has 23 heavy (non-hydrogen) atoms. The van der Waals surface area contributed by atoms with Gasteiger partial charge in [-0.2, -0.15) is 0 Å². The van der Waals surface area contributed by atoms with Crippen molar-refractivity contribution in [1.82, 2.24) is 10.0 Å². The van der Waals surface area contributed by atoms with E-state index in [-0.39, 0.29) is 23.0 Å². The zero-order chi connectivity index (χ0) is 16.1. The summed E-state index contributed by atoms with van der Waals surface area (Å²) in [5.41, 5.74) is 1.39. The fraction of sp³-hybridized carbons (Fsp3) is 0.250. The van der Waals surface area contributed by atoms with Gasteiger partial charge in [-0.25, -0.2) is 9.78 Å². The molecule has 2 atom stereocenters. The molecule has 0 radical (unpaired) electrons. The summed E-state index contributed by atoms with van der Waals surface area (Å²) >= 11 is 1.53. The number of rotatable bonds is 3. The quantitative estimate of drug-likeness (QED) is 0.808. The number of aromatic nitrogens is 1. The van der Waals surface area contributed by atoms with Crippen molar-refractivity contribution >= 4 is 29.1 Å². The summed E-state index contributed by atoms with van der Waals surface area (Å²) < 4.78 is 0. The molecule has 1 aliphatic carbocycles. The van der Waals surface area contributed by atoms with Crippen LogP contribution in [0, 0.1) is 12.8 Å². The Balaban J connectivity index is 1.47. The molecule has 2 aromatic rings. The van der Waals surface area contributed by atoms with Gasteiger partial charge in [0.05, 0.1) is 27.7 Å². The first kappa shape index (κ1) is 14.1. The molecule has 2 aliphatic rings. The minimum Gasteiger partial charge on any atom is -0.329 e.